The predicted molar refractivity (Wildman–Crippen MR) is 65.7 cm³/mol. The smallest absolute Gasteiger partial charge is 0.101 e. The Labute approximate surface area is 103 Å². The van der Waals surface area contributed by atoms with Crippen molar-refractivity contribution in [2.24, 2.45) is 0 Å². The summed E-state index contributed by atoms with van der Waals surface area (Å²) < 4.78 is 0. The highest BCUT2D eigenvalue weighted by Crippen LogP contribution is 2.26. The lowest BCUT2D eigenvalue weighted by atomic mass is 10.2. The van der Waals surface area contributed by atoms with Crippen molar-refractivity contribution in [1.29, 1.82) is 0 Å². The van der Waals surface area contributed by atoms with Crippen molar-refractivity contribution < 1.29 is 5.11 Å². The zero-order valence-corrected chi connectivity index (χ0v) is 10.0. The molecule has 82 valence electrons. The van der Waals surface area contributed by atoms with Crippen LogP contribution in [0.1, 0.15) is 5.56 Å². The Bertz CT molecular complexity index is 455. The first-order valence-electron chi connectivity index (χ1n) is 4.77. The van der Waals surface area contributed by atoms with E-state index in [2.05, 4.69) is 4.98 Å². The normalized spacial score (nSPS) is 10.4. The zero-order chi connectivity index (χ0) is 11.4. The fraction of sp³-hybridized carbons (Fsp3) is 0.0833. The molecule has 0 unspecified atom stereocenters. The van der Waals surface area contributed by atoms with Gasteiger partial charge in [-0.1, -0.05) is 35.5 Å². The second-order valence-electron chi connectivity index (χ2n) is 3.22. The minimum Gasteiger partial charge on any atom is -0.392 e. The molecule has 0 fully saturated rings. The van der Waals surface area contributed by atoms with Gasteiger partial charge < -0.3 is 5.11 Å². The van der Waals surface area contributed by atoms with E-state index in [9.17, 15) is 0 Å². The number of halogens is 1. The summed E-state index contributed by atoms with van der Waals surface area (Å²) in [7, 11) is 0. The van der Waals surface area contributed by atoms with E-state index in [-0.39, 0.29) is 6.61 Å². The fourth-order valence-corrected chi connectivity index (χ4v) is 2.07. The Morgan fingerprint density at radius 3 is 2.44 bits per heavy atom. The van der Waals surface area contributed by atoms with Crippen molar-refractivity contribution in [3.05, 3.63) is 53.2 Å². The van der Waals surface area contributed by atoms with E-state index in [0.29, 0.717) is 5.02 Å². The highest BCUT2D eigenvalue weighted by molar-refractivity contribution is 7.99. The van der Waals surface area contributed by atoms with E-state index in [0.717, 1.165) is 15.5 Å². The Hall–Kier alpha value is -1.03. The van der Waals surface area contributed by atoms with Crippen molar-refractivity contribution in [1.82, 2.24) is 4.98 Å². The molecule has 2 nitrogen and oxygen atoms in total. The van der Waals surface area contributed by atoms with Gasteiger partial charge in [0.1, 0.15) is 5.03 Å². The summed E-state index contributed by atoms with van der Waals surface area (Å²) in [6.45, 7) is 0.0736. The number of rotatable bonds is 3. The van der Waals surface area contributed by atoms with Crippen LogP contribution in [0.2, 0.25) is 5.02 Å². The minimum absolute atomic E-state index is 0.0736. The summed E-state index contributed by atoms with van der Waals surface area (Å²) in [5, 5.41) is 10.5. The van der Waals surface area contributed by atoms with Crippen LogP contribution < -0.4 is 0 Å². The Morgan fingerprint density at radius 2 is 1.88 bits per heavy atom. The molecule has 0 radical (unpaired) electrons. The number of hydrogen-bond acceptors (Lipinski definition) is 3. The first-order valence-corrected chi connectivity index (χ1v) is 5.96. The summed E-state index contributed by atoms with van der Waals surface area (Å²) in [5.41, 5.74) is 0.911. The minimum atomic E-state index is 0.0736. The van der Waals surface area contributed by atoms with E-state index < -0.39 is 0 Å². The molecule has 0 saturated carbocycles. The van der Waals surface area contributed by atoms with Crippen LogP contribution >= 0.6 is 23.4 Å². The standard InChI is InChI=1S/C12H10ClNOS/c13-10-3-6-12(14-7-10)16-11-4-1-9(8-15)2-5-11/h1-7,15H,8H2. The largest absolute Gasteiger partial charge is 0.392 e. The van der Waals surface area contributed by atoms with E-state index in [1.807, 2.05) is 36.4 Å². The van der Waals surface area contributed by atoms with Gasteiger partial charge >= 0.3 is 0 Å². The molecule has 1 heterocycles. The van der Waals surface area contributed by atoms with Gasteiger partial charge in [-0.3, -0.25) is 0 Å². The fourth-order valence-electron chi connectivity index (χ4n) is 1.21. The first kappa shape index (κ1) is 11.5. The summed E-state index contributed by atoms with van der Waals surface area (Å²) in [4.78, 5) is 5.29. The second-order valence-corrected chi connectivity index (χ2v) is 4.75. The molecule has 0 aliphatic carbocycles. The van der Waals surface area contributed by atoms with E-state index in [1.54, 1.807) is 18.0 Å². The van der Waals surface area contributed by atoms with Crippen LogP contribution in [0.25, 0.3) is 0 Å². The van der Waals surface area contributed by atoms with Crippen molar-refractivity contribution in [2.75, 3.05) is 0 Å². The Balaban J connectivity index is 2.11. The average molecular weight is 252 g/mol. The average Bonchev–Trinajstić information content (AvgIpc) is 2.33. The van der Waals surface area contributed by atoms with Gasteiger partial charge in [0.05, 0.1) is 11.6 Å². The third-order valence-electron chi connectivity index (χ3n) is 2.03. The van der Waals surface area contributed by atoms with Gasteiger partial charge in [-0.15, -0.1) is 0 Å². The van der Waals surface area contributed by atoms with Gasteiger partial charge in [0.25, 0.3) is 0 Å². The molecule has 0 bridgehead atoms. The number of pyridine rings is 1. The number of aliphatic hydroxyl groups is 1. The summed E-state index contributed by atoms with van der Waals surface area (Å²) in [6, 6.07) is 11.4. The van der Waals surface area contributed by atoms with Gasteiger partial charge in [-0.25, -0.2) is 4.98 Å². The molecule has 0 atom stereocenters. The monoisotopic (exact) mass is 251 g/mol. The molecule has 0 aliphatic rings. The highest BCUT2D eigenvalue weighted by Gasteiger charge is 1.99. The number of nitrogens with zero attached hydrogens (tertiary/aromatic N) is 1. The molecule has 1 aromatic carbocycles. The molecule has 1 aromatic heterocycles. The number of benzene rings is 1. The molecule has 0 saturated heterocycles. The third-order valence-corrected chi connectivity index (χ3v) is 3.21. The Kier molecular flexibility index (Phi) is 3.83. The maximum atomic E-state index is 8.91. The number of aromatic nitrogens is 1. The molecule has 4 heteroatoms. The van der Waals surface area contributed by atoms with E-state index in [1.165, 1.54) is 0 Å². The van der Waals surface area contributed by atoms with Crippen LogP contribution in [0.5, 0.6) is 0 Å². The summed E-state index contributed by atoms with van der Waals surface area (Å²) in [5.74, 6) is 0. The number of aliphatic hydroxyl groups excluding tert-OH is 1. The molecule has 1 N–H and O–H groups in total. The van der Waals surface area contributed by atoms with Crippen LogP contribution in [0.15, 0.2) is 52.5 Å². The maximum Gasteiger partial charge on any atom is 0.101 e. The molecular weight excluding hydrogens is 242 g/mol. The van der Waals surface area contributed by atoms with Crippen molar-refractivity contribution >= 4 is 23.4 Å². The summed E-state index contributed by atoms with van der Waals surface area (Å²) in [6.07, 6.45) is 1.63. The first-order chi connectivity index (χ1) is 7.78. The second kappa shape index (κ2) is 5.34. The van der Waals surface area contributed by atoms with Crippen molar-refractivity contribution in [2.45, 2.75) is 16.5 Å². The van der Waals surface area contributed by atoms with Crippen molar-refractivity contribution in [3.63, 3.8) is 0 Å². The SMILES string of the molecule is OCc1ccc(Sc2ccc(Cl)cn2)cc1. The van der Waals surface area contributed by atoms with Gasteiger partial charge in [-0.2, -0.15) is 0 Å². The van der Waals surface area contributed by atoms with Crippen LogP contribution in [0, 0.1) is 0 Å². The highest BCUT2D eigenvalue weighted by atomic mass is 35.5. The Morgan fingerprint density at radius 1 is 1.12 bits per heavy atom. The topological polar surface area (TPSA) is 33.1 Å². The molecule has 2 rings (SSSR count). The molecule has 2 aromatic rings. The van der Waals surface area contributed by atoms with Crippen LogP contribution in [0.4, 0.5) is 0 Å². The number of hydrogen-bond donors (Lipinski definition) is 1. The van der Waals surface area contributed by atoms with E-state index >= 15 is 0 Å². The van der Waals surface area contributed by atoms with Crippen LogP contribution in [-0.2, 0) is 6.61 Å². The van der Waals surface area contributed by atoms with Crippen LogP contribution in [0.3, 0.4) is 0 Å². The lowest BCUT2D eigenvalue weighted by Crippen LogP contribution is -1.82. The van der Waals surface area contributed by atoms with Crippen LogP contribution in [-0.4, -0.2) is 10.1 Å². The van der Waals surface area contributed by atoms with Gasteiger partial charge in [0, 0.05) is 11.1 Å². The lowest BCUT2D eigenvalue weighted by molar-refractivity contribution is 0.282. The lowest BCUT2D eigenvalue weighted by Gasteiger charge is -2.01. The van der Waals surface area contributed by atoms with Gasteiger partial charge in [-0.05, 0) is 29.8 Å². The molecule has 16 heavy (non-hydrogen) atoms. The molecular formula is C12H10ClNOS. The predicted octanol–water partition coefficient (Wildman–Crippen LogP) is 3.38. The molecule has 0 spiro atoms. The quantitative estimate of drug-likeness (QED) is 0.908. The third kappa shape index (κ3) is 2.98. The summed E-state index contributed by atoms with van der Waals surface area (Å²) >= 11 is 7.32. The van der Waals surface area contributed by atoms with Gasteiger partial charge in [0.15, 0.2) is 0 Å². The molecule has 0 aliphatic heterocycles. The molecule has 0 amide bonds. The van der Waals surface area contributed by atoms with E-state index in [4.69, 9.17) is 16.7 Å². The maximum absolute atomic E-state index is 8.91. The van der Waals surface area contributed by atoms with Crippen molar-refractivity contribution in [3.8, 4) is 0 Å². The zero-order valence-electron chi connectivity index (χ0n) is 8.43. The van der Waals surface area contributed by atoms with Gasteiger partial charge in [0.2, 0.25) is 0 Å².